The van der Waals surface area contributed by atoms with Gasteiger partial charge in [-0.2, -0.15) is 0 Å². The number of phenols is 1. The quantitative estimate of drug-likeness (QED) is 0.721. The predicted molar refractivity (Wildman–Crippen MR) is 80.6 cm³/mol. The Balaban J connectivity index is 0.00000115. The molecule has 2 N–H and O–H groups in total. The van der Waals surface area contributed by atoms with Crippen LogP contribution in [0.3, 0.4) is 0 Å². The normalized spacial score (nSPS) is 41.0. The summed E-state index contributed by atoms with van der Waals surface area (Å²) in [6, 6.07) is 3.80. The Morgan fingerprint density at radius 2 is 2.10 bits per heavy atom. The minimum absolute atomic E-state index is 0. The average Bonchev–Trinajstić information content (AvgIpc) is 2.78. The summed E-state index contributed by atoms with van der Waals surface area (Å²) in [7, 11) is 0. The minimum atomic E-state index is -0.567. The highest BCUT2D eigenvalue weighted by Crippen LogP contribution is 2.64. The first-order valence-corrected chi connectivity index (χ1v) is 7.60. The molecule has 1 fully saturated rings. The molecule has 0 saturated heterocycles. The van der Waals surface area contributed by atoms with E-state index in [-0.39, 0.29) is 24.7 Å². The van der Waals surface area contributed by atoms with E-state index in [1.54, 1.807) is 6.07 Å². The van der Waals surface area contributed by atoms with Gasteiger partial charge in [0.1, 0.15) is 12.2 Å². The summed E-state index contributed by atoms with van der Waals surface area (Å²) in [6.45, 7) is 0. The number of hydrogen-bond donors (Lipinski definition) is 2. The third-order valence-electron chi connectivity index (χ3n) is 6.02. The Morgan fingerprint density at radius 1 is 1.24 bits per heavy atom. The van der Waals surface area contributed by atoms with E-state index < -0.39 is 6.10 Å². The van der Waals surface area contributed by atoms with Gasteiger partial charge in [0.15, 0.2) is 11.5 Å². The summed E-state index contributed by atoms with van der Waals surface area (Å²) in [5.41, 5.74) is 2.43. The number of ether oxygens (including phenoxy) is 1. The molecule has 3 nitrogen and oxygen atoms in total. The molecule has 1 aromatic carbocycles. The van der Waals surface area contributed by atoms with E-state index in [2.05, 4.69) is 12.1 Å². The van der Waals surface area contributed by atoms with Crippen molar-refractivity contribution in [3.05, 3.63) is 35.4 Å². The molecule has 1 saturated carbocycles. The molecule has 1 spiro atoms. The van der Waals surface area contributed by atoms with E-state index in [1.165, 1.54) is 24.0 Å². The van der Waals surface area contributed by atoms with E-state index in [9.17, 15) is 10.2 Å². The third kappa shape index (κ3) is 1.34. The van der Waals surface area contributed by atoms with Gasteiger partial charge in [0.05, 0.1) is 0 Å². The lowest BCUT2D eigenvalue weighted by Crippen LogP contribution is -2.57. The lowest BCUT2D eigenvalue weighted by molar-refractivity contribution is -0.0272. The molecule has 1 heterocycles. The summed E-state index contributed by atoms with van der Waals surface area (Å²) < 4.78 is 6.07. The van der Waals surface area contributed by atoms with Crippen molar-refractivity contribution in [2.75, 3.05) is 0 Å². The number of hydrogen-bond acceptors (Lipinski definition) is 3. The topological polar surface area (TPSA) is 49.7 Å². The maximum Gasteiger partial charge on any atom is 0.165 e. The number of aliphatic hydroxyl groups excluding tert-OH is 1. The zero-order valence-electron chi connectivity index (χ0n) is 11.2. The van der Waals surface area contributed by atoms with Gasteiger partial charge in [-0.1, -0.05) is 32.1 Å². The lowest BCUT2D eigenvalue weighted by atomic mass is 9.50. The van der Waals surface area contributed by atoms with Crippen molar-refractivity contribution in [3.63, 3.8) is 0 Å². The van der Waals surface area contributed by atoms with Crippen LogP contribution >= 0.6 is 0 Å². The van der Waals surface area contributed by atoms with Gasteiger partial charge >= 0.3 is 0 Å². The molecule has 21 heavy (non-hydrogen) atoms. The molecule has 0 unspecified atom stereocenters. The molecule has 0 aromatic heterocycles. The largest absolute Gasteiger partial charge is 0.504 e. The van der Waals surface area contributed by atoms with E-state index in [0.717, 1.165) is 12.8 Å². The number of benzene rings is 1. The van der Waals surface area contributed by atoms with Crippen LogP contribution in [0.2, 0.25) is 0 Å². The lowest BCUT2D eigenvalue weighted by Gasteiger charge is -2.53. The van der Waals surface area contributed by atoms with E-state index in [0.29, 0.717) is 17.6 Å². The van der Waals surface area contributed by atoms with Crippen molar-refractivity contribution in [2.24, 2.45) is 11.8 Å². The van der Waals surface area contributed by atoms with Crippen molar-refractivity contribution in [1.29, 1.82) is 0 Å². The Bertz CT molecular complexity index is 636. The van der Waals surface area contributed by atoms with E-state index >= 15 is 0 Å². The summed E-state index contributed by atoms with van der Waals surface area (Å²) in [5, 5.41) is 20.6. The van der Waals surface area contributed by atoms with Crippen LogP contribution in [0.5, 0.6) is 11.5 Å². The number of aromatic hydroxyl groups is 1. The molecule has 2 bridgehead atoms. The summed E-state index contributed by atoms with van der Waals surface area (Å²) >= 11 is 0. The van der Waals surface area contributed by atoms with Crippen LogP contribution in [-0.2, 0) is 11.8 Å². The van der Waals surface area contributed by atoms with Gasteiger partial charge in [0, 0.05) is 11.0 Å². The minimum Gasteiger partial charge on any atom is -0.504 e. The number of phenolic OH excluding ortho intramolecular Hbond substituents is 1. The van der Waals surface area contributed by atoms with Crippen molar-refractivity contribution < 1.29 is 14.9 Å². The van der Waals surface area contributed by atoms with Crippen LogP contribution in [0, 0.1) is 11.8 Å². The van der Waals surface area contributed by atoms with Gasteiger partial charge in [0.25, 0.3) is 0 Å². The smallest absolute Gasteiger partial charge is 0.165 e. The fourth-order valence-corrected chi connectivity index (χ4v) is 5.38. The first-order valence-electron chi connectivity index (χ1n) is 7.60. The second-order valence-electron chi connectivity index (χ2n) is 6.78. The molecule has 0 amide bonds. The molecule has 5 rings (SSSR count). The Morgan fingerprint density at radius 3 is 2.95 bits per heavy atom. The third-order valence-corrected chi connectivity index (χ3v) is 6.02. The highest BCUT2D eigenvalue weighted by atomic mass is 16.5. The van der Waals surface area contributed by atoms with Gasteiger partial charge in [-0.15, -0.1) is 0 Å². The molecule has 112 valence electrons. The standard InChI is InChI=1S/C17H18O3.CH4/c18-12-5-3-10-8-9-2-1-7-17-11(9)4-6-13(19)16(17)20-15(12)14(10)17;/h3-6,9,11,13,16,18-19H,1-2,7-8H2;1H4/t9-,11+,13+,16+,17+;/m1./s1. The second kappa shape index (κ2) is 4.04. The van der Waals surface area contributed by atoms with Crippen LogP contribution in [-0.4, -0.2) is 22.4 Å². The highest BCUT2D eigenvalue weighted by Gasteiger charge is 2.63. The number of aliphatic hydroxyl groups is 1. The maximum absolute atomic E-state index is 10.4. The molecule has 3 aliphatic carbocycles. The summed E-state index contributed by atoms with van der Waals surface area (Å²) in [6.07, 6.45) is 7.92. The van der Waals surface area contributed by atoms with E-state index in [1.807, 2.05) is 6.08 Å². The van der Waals surface area contributed by atoms with Gasteiger partial charge in [0.2, 0.25) is 0 Å². The molecular weight excluding hydrogens is 264 g/mol. The Labute approximate surface area is 125 Å². The number of allylic oxidation sites excluding steroid dienone is 1. The summed E-state index contributed by atoms with van der Waals surface area (Å²) in [4.78, 5) is 0. The van der Waals surface area contributed by atoms with Crippen LogP contribution in [0.15, 0.2) is 24.3 Å². The van der Waals surface area contributed by atoms with Gasteiger partial charge in [-0.05, 0) is 42.7 Å². The Kier molecular flexibility index (Phi) is 2.54. The van der Waals surface area contributed by atoms with Gasteiger partial charge < -0.3 is 14.9 Å². The molecule has 0 radical (unpaired) electrons. The highest BCUT2D eigenvalue weighted by molar-refractivity contribution is 5.61. The first kappa shape index (κ1) is 13.2. The van der Waals surface area contributed by atoms with Crippen molar-refractivity contribution in [2.45, 2.75) is 50.7 Å². The predicted octanol–water partition coefficient (Wildman–Crippen LogP) is 2.93. The first-order chi connectivity index (χ1) is 9.72. The SMILES string of the molecule is C.Oc1ccc2c3c1O[C@H]1[C@@H](O)C=C[C@H]4[C@H](CCC[C@@]341)C2. The molecule has 3 heteroatoms. The van der Waals surface area contributed by atoms with Crippen molar-refractivity contribution in [1.82, 2.24) is 0 Å². The van der Waals surface area contributed by atoms with E-state index in [4.69, 9.17) is 4.74 Å². The van der Waals surface area contributed by atoms with Crippen LogP contribution < -0.4 is 4.74 Å². The molecular formula is C18H22O3. The monoisotopic (exact) mass is 286 g/mol. The van der Waals surface area contributed by atoms with Crippen molar-refractivity contribution in [3.8, 4) is 11.5 Å². The molecule has 5 atom stereocenters. The fourth-order valence-electron chi connectivity index (χ4n) is 5.38. The fraction of sp³-hybridized carbons (Fsp3) is 0.556. The average molecular weight is 286 g/mol. The van der Waals surface area contributed by atoms with Crippen LogP contribution in [0.4, 0.5) is 0 Å². The van der Waals surface area contributed by atoms with Gasteiger partial charge in [-0.3, -0.25) is 0 Å². The van der Waals surface area contributed by atoms with Crippen molar-refractivity contribution >= 4 is 0 Å². The zero-order valence-corrected chi connectivity index (χ0v) is 11.2. The van der Waals surface area contributed by atoms with Gasteiger partial charge in [-0.25, -0.2) is 0 Å². The van der Waals surface area contributed by atoms with Crippen LogP contribution in [0.1, 0.15) is 37.8 Å². The molecule has 1 aliphatic heterocycles. The summed E-state index contributed by atoms with van der Waals surface area (Å²) in [5.74, 6) is 1.98. The number of rotatable bonds is 0. The molecule has 4 aliphatic rings. The van der Waals surface area contributed by atoms with Crippen LogP contribution in [0.25, 0.3) is 0 Å². The molecule has 1 aromatic rings. The maximum atomic E-state index is 10.4. The second-order valence-corrected chi connectivity index (χ2v) is 6.78. The Hall–Kier alpha value is -1.48. The zero-order chi connectivity index (χ0) is 13.5.